The number of hydrogen-bond donors (Lipinski definition) is 2. The maximum Gasteiger partial charge on any atom is 0.310 e. The van der Waals surface area contributed by atoms with E-state index in [2.05, 4.69) is 55.4 Å². The second-order valence-corrected chi connectivity index (χ2v) is 7.72. The Morgan fingerprint density at radius 2 is 1.71 bits per heavy atom. The molecule has 0 aromatic heterocycles. The van der Waals surface area contributed by atoms with Crippen LogP contribution >= 0.6 is 0 Å². The van der Waals surface area contributed by atoms with Crippen LogP contribution in [0.5, 0.6) is 0 Å². The van der Waals surface area contributed by atoms with Gasteiger partial charge in [-0.1, -0.05) is 58.0 Å². The Kier molecular flexibility index (Phi) is 7.91. The van der Waals surface area contributed by atoms with Crippen molar-refractivity contribution in [3.8, 4) is 0 Å². The molecule has 24 heavy (non-hydrogen) atoms. The first kappa shape index (κ1) is 20.7. The van der Waals surface area contributed by atoms with Crippen LogP contribution in [0.2, 0.25) is 0 Å². The van der Waals surface area contributed by atoms with E-state index in [1.807, 2.05) is 19.9 Å². The van der Waals surface area contributed by atoms with Crippen molar-refractivity contribution in [2.75, 3.05) is 26.7 Å². The average Bonchev–Trinajstić information content (AvgIpc) is 2.51. The van der Waals surface area contributed by atoms with E-state index in [0.717, 1.165) is 19.6 Å². The molecule has 0 aliphatic heterocycles. The van der Waals surface area contributed by atoms with Gasteiger partial charge in [0.15, 0.2) is 0 Å². The maximum atomic E-state index is 11.6. The van der Waals surface area contributed by atoms with Gasteiger partial charge >= 0.3 is 5.97 Å². The molecular weight excluding hydrogens is 300 g/mol. The molecule has 4 heteroatoms. The lowest BCUT2D eigenvalue weighted by Gasteiger charge is -2.33. The highest BCUT2D eigenvalue weighted by Crippen LogP contribution is 2.26. The van der Waals surface area contributed by atoms with E-state index < -0.39 is 11.4 Å². The first-order valence-electron chi connectivity index (χ1n) is 8.91. The Labute approximate surface area is 147 Å². The summed E-state index contributed by atoms with van der Waals surface area (Å²) in [4.78, 5) is 13.9. The molecule has 1 aromatic rings. The van der Waals surface area contributed by atoms with E-state index in [0.29, 0.717) is 19.4 Å². The minimum atomic E-state index is -0.695. The average molecular weight is 335 g/mol. The van der Waals surface area contributed by atoms with Gasteiger partial charge < -0.3 is 15.3 Å². The highest BCUT2D eigenvalue weighted by Gasteiger charge is 2.34. The third-order valence-electron chi connectivity index (χ3n) is 4.87. The van der Waals surface area contributed by atoms with Crippen LogP contribution in [0.15, 0.2) is 30.3 Å². The monoisotopic (exact) mass is 334 g/mol. The lowest BCUT2D eigenvalue weighted by Crippen LogP contribution is -2.45. The second-order valence-electron chi connectivity index (χ2n) is 7.72. The summed E-state index contributed by atoms with van der Waals surface area (Å²) in [7, 11) is 2.13. The van der Waals surface area contributed by atoms with Gasteiger partial charge in [0.25, 0.3) is 0 Å². The molecule has 1 rings (SSSR count). The Morgan fingerprint density at radius 1 is 1.12 bits per heavy atom. The summed E-state index contributed by atoms with van der Waals surface area (Å²) in [6, 6.07) is 10.5. The molecule has 0 heterocycles. The zero-order valence-corrected chi connectivity index (χ0v) is 15.9. The number of carboxylic acid groups (broad SMARTS) is 1. The number of hydrogen-bond acceptors (Lipinski definition) is 3. The molecule has 0 saturated heterocycles. The second kappa shape index (κ2) is 9.19. The molecule has 0 radical (unpaired) electrons. The first-order valence-corrected chi connectivity index (χ1v) is 8.91. The van der Waals surface area contributed by atoms with Crippen LogP contribution in [-0.2, 0) is 11.3 Å². The molecule has 0 aliphatic carbocycles. The van der Waals surface area contributed by atoms with Gasteiger partial charge in [0.05, 0.1) is 5.41 Å². The normalized spacial score (nSPS) is 12.6. The van der Waals surface area contributed by atoms with E-state index in [-0.39, 0.29) is 5.41 Å². The molecule has 0 bridgehead atoms. The van der Waals surface area contributed by atoms with Gasteiger partial charge in [0.1, 0.15) is 0 Å². The van der Waals surface area contributed by atoms with Crippen LogP contribution < -0.4 is 5.32 Å². The number of carboxylic acids is 1. The fourth-order valence-electron chi connectivity index (χ4n) is 3.26. The zero-order chi connectivity index (χ0) is 18.2. The third-order valence-corrected chi connectivity index (χ3v) is 4.87. The van der Waals surface area contributed by atoms with E-state index >= 15 is 0 Å². The molecule has 0 unspecified atom stereocenters. The molecular formula is C20H34N2O2. The summed E-state index contributed by atoms with van der Waals surface area (Å²) in [5, 5.41) is 12.9. The smallest absolute Gasteiger partial charge is 0.310 e. The third kappa shape index (κ3) is 6.25. The number of nitrogens with zero attached hydrogens (tertiary/aromatic N) is 1. The van der Waals surface area contributed by atoms with E-state index in [1.165, 1.54) is 5.56 Å². The lowest BCUT2D eigenvalue weighted by molar-refractivity contribution is -0.149. The predicted molar refractivity (Wildman–Crippen MR) is 100 cm³/mol. The molecule has 0 amide bonds. The molecule has 0 aliphatic rings. The van der Waals surface area contributed by atoms with Crippen LogP contribution in [0.1, 0.15) is 46.1 Å². The molecule has 0 spiro atoms. The highest BCUT2D eigenvalue weighted by molar-refractivity contribution is 5.74. The Balaban J connectivity index is 2.49. The summed E-state index contributed by atoms with van der Waals surface area (Å²) in [6.45, 7) is 11.6. The largest absolute Gasteiger partial charge is 0.481 e. The summed E-state index contributed by atoms with van der Waals surface area (Å²) in [5.74, 6) is -0.695. The van der Waals surface area contributed by atoms with Crippen LogP contribution in [-0.4, -0.2) is 42.7 Å². The molecule has 2 N–H and O–H groups in total. The van der Waals surface area contributed by atoms with E-state index in [9.17, 15) is 9.90 Å². The van der Waals surface area contributed by atoms with Crippen molar-refractivity contribution in [1.29, 1.82) is 0 Å². The Hall–Kier alpha value is -1.39. The summed E-state index contributed by atoms with van der Waals surface area (Å²) < 4.78 is 0. The minimum absolute atomic E-state index is 0.0786. The van der Waals surface area contributed by atoms with E-state index in [1.54, 1.807) is 0 Å². The first-order chi connectivity index (χ1) is 11.2. The van der Waals surface area contributed by atoms with Gasteiger partial charge in [-0.2, -0.15) is 0 Å². The van der Waals surface area contributed by atoms with Crippen molar-refractivity contribution < 1.29 is 9.90 Å². The number of rotatable bonds is 11. The van der Waals surface area contributed by atoms with Crippen molar-refractivity contribution in [3.05, 3.63) is 35.9 Å². The van der Waals surface area contributed by atoms with Crippen molar-refractivity contribution in [3.63, 3.8) is 0 Å². The Bertz CT molecular complexity index is 496. The zero-order valence-electron chi connectivity index (χ0n) is 15.9. The predicted octanol–water partition coefficient (Wildman–Crippen LogP) is 3.63. The number of nitrogens with one attached hydrogen (secondary N) is 1. The van der Waals surface area contributed by atoms with Crippen molar-refractivity contribution in [2.24, 2.45) is 10.8 Å². The molecule has 0 saturated carbocycles. The van der Waals surface area contributed by atoms with Gasteiger partial charge in [-0.25, -0.2) is 0 Å². The van der Waals surface area contributed by atoms with Crippen molar-refractivity contribution >= 4 is 5.97 Å². The molecule has 4 nitrogen and oxygen atoms in total. The molecule has 136 valence electrons. The van der Waals surface area contributed by atoms with Crippen LogP contribution in [0, 0.1) is 10.8 Å². The standard InChI is InChI=1S/C20H34N2O2/c1-6-20(7-2,18(23)24)15-21-14-19(3,4)16-22(5)13-17-11-9-8-10-12-17/h8-12,21H,6-7,13-16H2,1-5H3,(H,23,24). The fourth-order valence-corrected chi connectivity index (χ4v) is 3.26. The van der Waals surface area contributed by atoms with Crippen LogP contribution in [0.25, 0.3) is 0 Å². The highest BCUT2D eigenvalue weighted by atomic mass is 16.4. The number of benzene rings is 1. The molecule has 0 fully saturated rings. The Morgan fingerprint density at radius 3 is 2.21 bits per heavy atom. The van der Waals surface area contributed by atoms with Gasteiger partial charge in [-0.15, -0.1) is 0 Å². The number of carbonyl (C=O) groups is 1. The topological polar surface area (TPSA) is 52.6 Å². The number of aliphatic carboxylic acids is 1. The summed E-state index contributed by atoms with van der Waals surface area (Å²) in [6.07, 6.45) is 1.31. The summed E-state index contributed by atoms with van der Waals surface area (Å²) in [5.41, 5.74) is 0.743. The van der Waals surface area contributed by atoms with Gasteiger partial charge in [-0.3, -0.25) is 4.79 Å². The minimum Gasteiger partial charge on any atom is -0.481 e. The summed E-state index contributed by atoms with van der Waals surface area (Å²) >= 11 is 0. The molecule has 0 atom stereocenters. The van der Waals surface area contributed by atoms with Crippen LogP contribution in [0.4, 0.5) is 0 Å². The van der Waals surface area contributed by atoms with E-state index in [4.69, 9.17) is 0 Å². The van der Waals surface area contributed by atoms with Crippen molar-refractivity contribution in [2.45, 2.75) is 47.1 Å². The fraction of sp³-hybridized carbons (Fsp3) is 0.650. The SMILES string of the molecule is CCC(CC)(CNCC(C)(C)CN(C)Cc1ccccc1)C(=O)O. The van der Waals surface area contributed by atoms with Crippen molar-refractivity contribution in [1.82, 2.24) is 10.2 Å². The maximum absolute atomic E-state index is 11.6. The quantitative estimate of drug-likeness (QED) is 0.649. The molecule has 1 aromatic carbocycles. The van der Waals surface area contributed by atoms with Gasteiger partial charge in [0.2, 0.25) is 0 Å². The van der Waals surface area contributed by atoms with Gasteiger partial charge in [0, 0.05) is 26.2 Å². The lowest BCUT2D eigenvalue weighted by atomic mass is 9.82. The van der Waals surface area contributed by atoms with Gasteiger partial charge in [-0.05, 0) is 30.9 Å². The van der Waals surface area contributed by atoms with Crippen LogP contribution in [0.3, 0.4) is 0 Å².